The number of amides is 1. The van der Waals surface area contributed by atoms with Gasteiger partial charge in [0.05, 0.1) is 6.04 Å². The van der Waals surface area contributed by atoms with Gasteiger partial charge in [0.1, 0.15) is 0 Å². The Labute approximate surface area is 111 Å². The van der Waals surface area contributed by atoms with Gasteiger partial charge in [0, 0.05) is 25.7 Å². The molecule has 0 saturated carbocycles. The van der Waals surface area contributed by atoms with Gasteiger partial charge in [-0.3, -0.25) is 9.69 Å². The van der Waals surface area contributed by atoms with E-state index in [0.29, 0.717) is 12.5 Å². The minimum absolute atomic E-state index is 0.0556. The van der Waals surface area contributed by atoms with Gasteiger partial charge in [-0.1, -0.05) is 13.8 Å². The summed E-state index contributed by atoms with van der Waals surface area (Å²) < 4.78 is 0. The standard InChI is InChI=1S/C14H29N3O/c1-11(2)10-17-12(6-8-15)13(18)16(5)9-7-14(17,3)4/h11-12H,6-10,15H2,1-5H3. The van der Waals surface area contributed by atoms with Crippen molar-refractivity contribution < 1.29 is 4.79 Å². The topological polar surface area (TPSA) is 49.6 Å². The van der Waals surface area contributed by atoms with Gasteiger partial charge in [-0.15, -0.1) is 0 Å². The second-order valence-corrected chi connectivity index (χ2v) is 6.46. The van der Waals surface area contributed by atoms with Gasteiger partial charge >= 0.3 is 0 Å². The molecule has 1 amide bonds. The molecule has 1 atom stereocenters. The molecule has 18 heavy (non-hydrogen) atoms. The van der Waals surface area contributed by atoms with E-state index in [1.54, 1.807) is 0 Å². The van der Waals surface area contributed by atoms with Crippen molar-refractivity contribution in [2.24, 2.45) is 11.7 Å². The van der Waals surface area contributed by atoms with E-state index in [9.17, 15) is 4.79 Å². The van der Waals surface area contributed by atoms with Crippen molar-refractivity contribution in [1.29, 1.82) is 0 Å². The first-order valence-electron chi connectivity index (χ1n) is 7.01. The maximum atomic E-state index is 12.4. The van der Waals surface area contributed by atoms with Gasteiger partial charge in [-0.25, -0.2) is 0 Å². The Morgan fingerprint density at radius 3 is 2.56 bits per heavy atom. The molecular weight excluding hydrogens is 226 g/mol. The Kier molecular flexibility index (Phi) is 5.17. The Morgan fingerprint density at radius 1 is 1.44 bits per heavy atom. The third-order valence-corrected chi connectivity index (χ3v) is 3.88. The lowest BCUT2D eigenvalue weighted by molar-refractivity contribution is -0.135. The zero-order valence-corrected chi connectivity index (χ0v) is 12.6. The molecule has 1 unspecified atom stereocenters. The summed E-state index contributed by atoms with van der Waals surface area (Å²) in [6.07, 6.45) is 1.77. The lowest BCUT2D eigenvalue weighted by Crippen LogP contribution is -2.54. The molecule has 4 nitrogen and oxygen atoms in total. The largest absolute Gasteiger partial charge is 0.344 e. The van der Waals surface area contributed by atoms with E-state index < -0.39 is 0 Å². The number of nitrogens with two attached hydrogens (primary N) is 1. The van der Waals surface area contributed by atoms with Gasteiger partial charge < -0.3 is 10.6 Å². The Bertz CT molecular complexity index is 289. The molecule has 0 aromatic rings. The van der Waals surface area contributed by atoms with Gasteiger partial charge in [0.25, 0.3) is 0 Å². The molecule has 1 rings (SSSR count). The van der Waals surface area contributed by atoms with Crippen molar-refractivity contribution in [2.75, 3.05) is 26.7 Å². The Balaban J connectivity index is 3.02. The maximum absolute atomic E-state index is 12.4. The lowest BCUT2D eigenvalue weighted by Gasteiger charge is -2.42. The van der Waals surface area contributed by atoms with Crippen molar-refractivity contribution in [3.63, 3.8) is 0 Å². The second-order valence-electron chi connectivity index (χ2n) is 6.46. The summed E-state index contributed by atoms with van der Waals surface area (Å²) >= 11 is 0. The monoisotopic (exact) mass is 255 g/mol. The van der Waals surface area contributed by atoms with E-state index >= 15 is 0 Å². The molecule has 4 heteroatoms. The summed E-state index contributed by atoms with van der Waals surface area (Å²) in [6.45, 7) is 11.2. The van der Waals surface area contributed by atoms with Crippen LogP contribution in [0.5, 0.6) is 0 Å². The summed E-state index contributed by atoms with van der Waals surface area (Å²) in [5.74, 6) is 0.785. The molecule has 1 heterocycles. The predicted octanol–water partition coefficient (Wildman–Crippen LogP) is 1.30. The van der Waals surface area contributed by atoms with Crippen LogP contribution in [0.3, 0.4) is 0 Å². The fourth-order valence-electron chi connectivity index (χ4n) is 2.71. The zero-order chi connectivity index (χ0) is 13.9. The second kappa shape index (κ2) is 6.02. The maximum Gasteiger partial charge on any atom is 0.239 e. The van der Waals surface area contributed by atoms with Gasteiger partial charge in [-0.05, 0) is 39.2 Å². The highest BCUT2D eigenvalue weighted by Crippen LogP contribution is 2.28. The van der Waals surface area contributed by atoms with Crippen molar-refractivity contribution in [3.05, 3.63) is 0 Å². The summed E-state index contributed by atoms with van der Waals surface area (Å²) in [7, 11) is 1.90. The van der Waals surface area contributed by atoms with E-state index in [4.69, 9.17) is 5.73 Å². The van der Waals surface area contributed by atoms with Crippen molar-refractivity contribution in [3.8, 4) is 0 Å². The van der Waals surface area contributed by atoms with E-state index in [-0.39, 0.29) is 17.5 Å². The fraction of sp³-hybridized carbons (Fsp3) is 0.929. The molecule has 1 fully saturated rings. The molecule has 0 aromatic carbocycles. The fourth-order valence-corrected chi connectivity index (χ4v) is 2.71. The van der Waals surface area contributed by atoms with E-state index in [2.05, 4.69) is 32.6 Å². The smallest absolute Gasteiger partial charge is 0.239 e. The van der Waals surface area contributed by atoms with Crippen LogP contribution in [0.25, 0.3) is 0 Å². The molecular formula is C14H29N3O. The Hall–Kier alpha value is -0.610. The molecule has 2 N–H and O–H groups in total. The van der Waals surface area contributed by atoms with E-state index in [1.807, 2.05) is 11.9 Å². The molecule has 0 radical (unpaired) electrons. The first-order chi connectivity index (χ1) is 8.29. The average Bonchev–Trinajstić information content (AvgIpc) is 2.34. The highest BCUT2D eigenvalue weighted by molar-refractivity contribution is 5.82. The van der Waals surface area contributed by atoms with Crippen LogP contribution in [-0.2, 0) is 4.79 Å². The number of carbonyl (C=O) groups is 1. The van der Waals surface area contributed by atoms with Crippen molar-refractivity contribution in [1.82, 2.24) is 9.80 Å². The van der Waals surface area contributed by atoms with Gasteiger partial charge in [0.2, 0.25) is 5.91 Å². The van der Waals surface area contributed by atoms with Crippen molar-refractivity contribution in [2.45, 2.75) is 52.1 Å². The third-order valence-electron chi connectivity index (χ3n) is 3.88. The van der Waals surface area contributed by atoms with Gasteiger partial charge in [0.15, 0.2) is 0 Å². The van der Waals surface area contributed by atoms with Crippen LogP contribution in [0.4, 0.5) is 0 Å². The van der Waals surface area contributed by atoms with Crippen LogP contribution < -0.4 is 5.73 Å². The minimum atomic E-state index is -0.0556. The van der Waals surface area contributed by atoms with Crippen LogP contribution >= 0.6 is 0 Å². The molecule has 106 valence electrons. The summed E-state index contributed by atoms with van der Waals surface area (Å²) in [5, 5.41) is 0. The molecule has 1 aliphatic heterocycles. The minimum Gasteiger partial charge on any atom is -0.344 e. The van der Waals surface area contributed by atoms with Crippen molar-refractivity contribution >= 4 is 5.91 Å². The van der Waals surface area contributed by atoms with Crippen LogP contribution in [0.2, 0.25) is 0 Å². The van der Waals surface area contributed by atoms with Crippen LogP contribution in [-0.4, -0.2) is 54.0 Å². The van der Waals surface area contributed by atoms with Crippen LogP contribution in [0.1, 0.15) is 40.5 Å². The molecule has 0 bridgehead atoms. The molecule has 0 aromatic heterocycles. The van der Waals surface area contributed by atoms with Gasteiger partial charge in [-0.2, -0.15) is 0 Å². The summed E-state index contributed by atoms with van der Waals surface area (Å²) in [5.41, 5.74) is 5.76. The lowest BCUT2D eigenvalue weighted by atomic mass is 9.94. The molecule has 1 saturated heterocycles. The quantitative estimate of drug-likeness (QED) is 0.824. The SMILES string of the molecule is CC(C)CN1C(CCN)C(=O)N(C)CCC1(C)C. The molecule has 0 spiro atoms. The number of nitrogens with zero attached hydrogens (tertiary/aromatic N) is 2. The van der Waals surface area contributed by atoms with E-state index in [0.717, 1.165) is 25.9 Å². The number of likely N-dealkylation sites (N-methyl/N-ethyl adjacent to an activating group) is 1. The molecule has 1 aliphatic rings. The third kappa shape index (κ3) is 3.45. The highest BCUT2D eigenvalue weighted by Gasteiger charge is 2.40. The zero-order valence-electron chi connectivity index (χ0n) is 12.6. The molecule has 0 aliphatic carbocycles. The first kappa shape index (κ1) is 15.4. The van der Waals surface area contributed by atoms with E-state index in [1.165, 1.54) is 0 Å². The summed E-state index contributed by atoms with van der Waals surface area (Å²) in [4.78, 5) is 16.7. The Morgan fingerprint density at radius 2 is 2.06 bits per heavy atom. The number of carbonyl (C=O) groups excluding carboxylic acids is 1. The summed E-state index contributed by atoms with van der Waals surface area (Å²) in [6, 6.07) is -0.0556. The van der Waals surface area contributed by atoms with Crippen LogP contribution in [0, 0.1) is 5.92 Å². The average molecular weight is 255 g/mol. The normalized spacial score (nSPS) is 25.6. The van der Waals surface area contributed by atoms with Crippen LogP contribution in [0.15, 0.2) is 0 Å². The number of rotatable bonds is 4. The highest BCUT2D eigenvalue weighted by atomic mass is 16.2. The number of hydrogen-bond acceptors (Lipinski definition) is 3. The first-order valence-corrected chi connectivity index (χ1v) is 7.01. The predicted molar refractivity (Wildman–Crippen MR) is 75.3 cm³/mol. The number of hydrogen-bond donors (Lipinski definition) is 1.